The summed E-state index contributed by atoms with van der Waals surface area (Å²) in [6.07, 6.45) is 1.39. The molecule has 2 aromatic carbocycles. The van der Waals surface area contributed by atoms with Crippen LogP contribution >= 0.6 is 0 Å². The zero-order valence-corrected chi connectivity index (χ0v) is 12.8. The fourth-order valence-electron chi connectivity index (χ4n) is 2.70. The summed E-state index contributed by atoms with van der Waals surface area (Å²) in [4.78, 5) is 0. The molecule has 0 amide bonds. The van der Waals surface area contributed by atoms with E-state index in [1.165, 1.54) is 11.1 Å². The monoisotopic (exact) mass is 297 g/mol. The highest BCUT2D eigenvalue weighted by atomic mass is 16.5. The lowest BCUT2D eigenvalue weighted by molar-refractivity contribution is -0.0463. The Hall–Kier alpha value is -1.68. The third kappa shape index (κ3) is 4.67. The highest BCUT2D eigenvalue weighted by Crippen LogP contribution is 2.14. The van der Waals surface area contributed by atoms with Crippen LogP contribution in [-0.4, -0.2) is 25.3 Å². The number of benzene rings is 2. The van der Waals surface area contributed by atoms with E-state index in [0.29, 0.717) is 13.2 Å². The van der Waals surface area contributed by atoms with Gasteiger partial charge in [-0.15, -0.1) is 0 Å². The molecule has 1 aliphatic rings. The summed E-state index contributed by atoms with van der Waals surface area (Å²) in [5.41, 5.74) is 2.43. The molecule has 3 heteroatoms. The molecule has 1 aliphatic heterocycles. The highest BCUT2D eigenvalue weighted by Gasteiger charge is 2.22. The number of piperidine rings is 1. The minimum atomic E-state index is 0.217. The van der Waals surface area contributed by atoms with Crippen LogP contribution in [0.25, 0.3) is 0 Å². The van der Waals surface area contributed by atoms with Crippen LogP contribution in [0.4, 0.5) is 0 Å². The normalized spacial score (nSPS) is 21.6. The molecule has 0 bridgehead atoms. The minimum absolute atomic E-state index is 0.217. The molecule has 1 saturated heterocycles. The molecule has 116 valence electrons. The van der Waals surface area contributed by atoms with Gasteiger partial charge in [0.25, 0.3) is 0 Å². The van der Waals surface area contributed by atoms with Crippen LogP contribution in [0.5, 0.6) is 0 Å². The first kappa shape index (κ1) is 15.2. The lowest BCUT2D eigenvalue weighted by Gasteiger charge is -2.30. The zero-order valence-electron chi connectivity index (χ0n) is 12.8. The van der Waals surface area contributed by atoms with Crippen LogP contribution in [0.15, 0.2) is 60.7 Å². The Balaban J connectivity index is 1.43. The van der Waals surface area contributed by atoms with Crippen LogP contribution < -0.4 is 5.32 Å². The van der Waals surface area contributed by atoms with Crippen LogP contribution in [-0.2, 0) is 22.7 Å². The molecule has 2 aromatic rings. The van der Waals surface area contributed by atoms with Crippen molar-refractivity contribution in [1.82, 2.24) is 5.32 Å². The van der Waals surface area contributed by atoms with Crippen LogP contribution in [0.3, 0.4) is 0 Å². The smallest absolute Gasteiger partial charge is 0.0729 e. The van der Waals surface area contributed by atoms with Crippen molar-refractivity contribution in [3.8, 4) is 0 Å². The molecule has 2 atom stereocenters. The Morgan fingerprint density at radius 3 is 1.64 bits per heavy atom. The van der Waals surface area contributed by atoms with Gasteiger partial charge in [-0.3, -0.25) is 0 Å². The Bertz CT molecular complexity index is 494. The summed E-state index contributed by atoms with van der Waals surface area (Å²) in [6.45, 7) is 3.13. The van der Waals surface area contributed by atoms with Gasteiger partial charge in [-0.2, -0.15) is 0 Å². The average Bonchev–Trinajstić information content (AvgIpc) is 2.60. The van der Waals surface area contributed by atoms with Crippen molar-refractivity contribution in [2.24, 2.45) is 0 Å². The molecule has 0 aromatic heterocycles. The summed E-state index contributed by atoms with van der Waals surface area (Å²) < 4.78 is 12.0. The van der Waals surface area contributed by atoms with Crippen molar-refractivity contribution in [3.05, 3.63) is 71.8 Å². The number of ether oxygens (including phenoxy) is 2. The fraction of sp³-hybridized carbons (Fsp3) is 0.368. The van der Waals surface area contributed by atoms with E-state index in [0.717, 1.165) is 19.5 Å². The van der Waals surface area contributed by atoms with Gasteiger partial charge in [-0.25, -0.2) is 0 Å². The molecule has 1 fully saturated rings. The first-order chi connectivity index (χ1) is 10.9. The van der Waals surface area contributed by atoms with Gasteiger partial charge in [0.2, 0.25) is 0 Å². The Morgan fingerprint density at radius 2 is 1.18 bits per heavy atom. The van der Waals surface area contributed by atoms with Gasteiger partial charge >= 0.3 is 0 Å². The number of rotatable bonds is 6. The van der Waals surface area contributed by atoms with Gasteiger partial charge in [-0.1, -0.05) is 60.7 Å². The molecule has 1 N–H and O–H groups in total. The number of nitrogens with one attached hydrogen (secondary N) is 1. The summed E-state index contributed by atoms with van der Waals surface area (Å²) in [7, 11) is 0. The summed E-state index contributed by atoms with van der Waals surface area (Å²) >= 11 is 0. The van der Waals surface area contributed by atoms with E-state index in [1.54, 1.807) is 0 Å². The summed E-state index contributed by atoms with van der Waals surface area (Å²) in [5.74, 6) is 0. The fourth-order valence-corrected chi connectivity index (χ4v) is 2.70. The maximum absolute atomic E-state index is 6.01. The first-order valence-electron chi connectivity index (χ1n) is 7.92. The van der Waals surface area contributed by atoms with Gasteiger partial charge in [0.1, 0.15) is 0 Å². The summed E-state index contributed by atoms with van der Waals surface area (Å²) in [6, 6.07) is 20.6. The second kappa shape index (κ2) is 8.08. The third-order valence-electron chi connectivity index (χ3n) is 3.93. The van der Waals surface area contributed by atoms with Gasteiger partial charge in [-0.05, 0) is 11.1 Å². The molecule has 3 nitrogen and oxygen atoms in total. The standard InChI is InChI=1S/C19H23NO2/c1-3-7-16(8-4-1)14-21-18-11-19(13-20-12-18)22-15-17-9-5-2-6-10-17/h1-10,18-20H,11-15H2/t18-,19?/m0/s1. The maximum atomic E-state index is 6.01. The van der Waals surface area contributed by atoms with Gasteiger partial charge < -0.3 is 14.8 Å². The quantitative estimate of drug-likeness (QED) is 0.888. The molecular weight excluding hydrogens is 274 g/mol. The Kier molecular flexibility index (Phi) is 5.59. The van der Waals surface area contributed by atoms with Crippen LogP contribution in [0.1, 0.15) is 17.5 Å². The maximum Gasteiger partial charge on any atom is 0.0729 e. The van der Waals surface area contributed by atoms with E-state index in [-0.39, 0.29) is 12.2 Å². The SMILES string of the molecule is c1ccc(COC2CNC[C@@H](OCc3ccccc3)C2)cc1. The van der Waals surface area contributed by atoms with Crippen molar-refractivity contribution < 1.29 is 9.47 Å². The van der Waals surface area contributed by atoms with E-state index < -0.39 is 0 Å². The molecule has 0 aliphatic carbocycles. The molecule has 0 saturated carbocycles. The second-order valence-electron chi connectivity index (χ2n) is 5.73. The summed E-state index contributed by atoms with van der Waals surface area (Å²) in [5, 5.41) is 3.41. The van der Waals surface area contributed by atoms with Gasteiger partial charge in [0, 0.05) is 19.5 Å². The molecule has 1 heterocycles. The van der Waals surface area contributed by atoms with E-state index in [2.05, 4.69) is 29.6 Å². The molecule has 1 unspecified atom stereocenters. The van der Waals surface area contributed by atoms with Gasteiger partial charge in [0.05, 0.1) is 25.4 Å². The van der Waals surface area contributed by atoms with E-state index in [4.69, 9.17) is 9.47 Å². The Labute approximate surface area is 132 Å². The van der Waals surface area contributed by atoms with Crippen molar-refractivity contribution >= 4 is 0 Å². The van der Waals surface area contributed by atoms with Crippen LogP contribution in [0.2, 0.25) is 0 Å². The van der Waals surface area contributed by atoms with E-state index >= 15 is 0 Å². The lowest BCUT2D eigenvalue weighted by Crippen LogP contribution is -2.44. The van der Waals surface area contributed by atoms with Crippen molar-refractivity contribution in [2.75, 3.05) is 13.1 Å². The predicted molar refractivity (Wildman–Crippen MR) is 87.5 cm³/mol. The zero-order chi connectivity index (χ0) is 15.0. The lowest BCUT2D eigenvalue weighted by atomic mass is 10.1. The third-order valence-corrected chi connectivity index (χ3v) is 3.93. The molecule has 0 radical (unpaired) electrons. The van der Waals surface area contributed by atoms with Gasteiger partial charge in [0.15, 0.2) is 0 Å². The molecule has 3 rings (SSSR count). The van der Waals surface area contributed by atoms with Crippen molar-refractivity contribution in [3.63, 3.8) is 0 Å². The molecule has 22 heavy (non-hydrogen) atoms. The van der Waals surface area contributed by atoms with E-state index in [1.807, 2.05) is 36.4 Å². The molecular formula is C19H23NO2. The van der Waals surface area contributed by atoms with E-state index in [9.17, 15) is 0 Å². The predicted octanol–water partition coefficient (Wildman–Crippen LogP) is 3.15. The van der Waals surface area contributed by atoms with Crippen LogP contribution in [0, 0.1) is 0 Å². The second-order valence-corrected chi connectivity index (χ2v) is 5.73. The van der Waals surface area contributed by atoms with Crippen molar-refractivity contribution in [2.45, 2.75) is 31.8 Å². The highest BCUT2D eigenvalue weighted by molar-refractivity contribution is 5.14. The number of hydrogen-bond donors (Lipinski definition) is 1. The Morgan fingerprint density at radius 1 is 0.727 bits per heavy atom. The van der Waals surface area contributed by atoms with Crippen molar-refractivity contribution in [1.29, 1.82) is 0 Å². The number of hydrogen-bond acceptors (Lipinski definition) is 3. The topological polar surface area (TPSA) is 30.5 Å². The first-order valence-corrected chi connectivity index (χ1v) is 7.92. The average molecular weight is 297 g/mol. The largest absolute Gasteiger partial charge is 0.372 e. The minimum Gasteiger partial charge on any atom is -0.372 e. The molecule has 0 spiro atoms.